The number of methoxy groups -OCH3 is 1. The molecule has 0 aliphatic rings. The van der Waals surface area contributed by atoms with Gasteiger partial charge in [-0.05, 0) is 52.3 Å². The number of hydrogen-bond acceptors (Lipinski definition) is 4. The number of hydrogen-bond donors (Lipinski definition) is 3. The van der Waals surface area contributed by atoms with Crippen molar-refractivity contribution in [3.05, 3.63) is 58.1 Å². The first-order chi connectivity index (χ1) is 10.5. The van der Waals surface area contributed by atoms with E-state index < -0.39 is 11.8 Å². The molecule has 2 rings (SSSR count). The van der Waals surface area contributed by atoms with E-state index in [1.807, 2.05) is 0 Å². The van der Waals surface area contributed by atoms with E-state index in [9.17, 15) is 14.7 Å². The quantitative estimate of drug-likeness (QED) is 0.728. The largest absolute Gasteiger partial charge is 0.508 e. The number of benzene rings is 2. The number of nitrogens with one attached hydrogen (secondary N) is 2. The number of hydrazine groups is 1. The summed E-state index contributed by atoms with van der Waals surface area (Å²) in [6, 6.07) is 10.6. The third-order valence-corrected chi connectivity index (χ3v) is 3.43. The molecule has 0 spiro atoms. The van der Waals surface area contributed by atoms with Crippen LogP contribution in [0.15, 0.2) is 46.9 Å². The van der Waals surface area contributed by atoms with Gasteiger partial charge in [-0.2, -0.15) is 0 Å². The van der Waals surface area contributed by atoms with Gasteiger partial charge in [-0.15, -0.1) is 0 Å². The van der Waals surface area contributed by atoms with E-state index in [0.717, 1.165) is 0 Å². The van der Waals surface area contributed by atoms with Crippen molar-refractivity contribution in [1.29, 1.82) is 0 Å². The van der Waals surface area contributed by atoms with Gasteiger partial charge in [0.1, 0.15) is 11.5 Å². The summed E-state index contributed by atoms with van der Waals surface area (Å²) in [4.78, 5) is 23.8. The molecular weight excluding hydrogens is 352 g/mol. The lowest BCUT2D eigenvalue weighted by Gasteiger charge is -2.09. The minimum absolute atomic E-state index is 0.0296. The Hall–Kier alpha value is -2.54. The highest BCUT2D eigenvalue weighted by Gasteiger charge is 2.11. The summed E-state index contributed by atoms with van der Waals surface area (Å²) in [7, 11) is 1.52. The standard InChI is InChI=1S/C15H13BrN2O4/c1-22-13-6-5-10(8-12(13)16)15(21)18-17-14(20)9-3-2-4-11(19)7-9/h2-8,19H,1H3,(H,17,20)(H,18,21). The second-order valence-electron chi connectivity index (χ2n) is 4.31. The Morgan fingerprint density at radius 2 is 1.68 bits per heavy atom. The Bertz CT molecular complexity index is 718. The highest BCUT2D eigenvalue weighted by atomic mass is 79.9. The van der Waals surface area contributed by atoms with Gasteiger partial charge in [-0.1, -0.05) is 6.07 Å². The summed E-state index contributed by atoms with van der Waals surface area (Å²) in [5.41, 5.74) is 5.16. The van der Waals surface area contributed by atoms with Gasteiger partial charge in [0.25, 0.3) is 11.8 Å². The summed E-state index contributed by atoms with van der Waals surface area (Å²) in [5, 5.41) is 9.31. The maximum absolute atomic E-state index is 12.0. The summed E-state index contributed by atoms with van der Waals surface area (Å²) < 4.78 is 5.70. The second-order valence-corrected chi connectivity index (χ2v) is 5.16. The van der Waals surface area contributed by atoms with Crippen LogP contribution in [0.25, 0.3) is 0 Å². The fourth-order valence-electron chi connectivity index (χ4n) is 1.71. The minimum Gasteiger partial charge on any atom is -0.508 e. The van der Waals surface area contributed by atoms with Gasteiger partial charge in [0, 0.05) is 11.1 Å². The minimum atomic E-state index is -0.531. The Kier molecular flexibility index (Phi) is 5.00. The Morgan fingerprint density at radius 3 is 2.23 bits per heavy atom. The Labute approximate surface area is 135 Å². The van der Waals surface area contributed by atoms with E-state index in [0.29, 0.717) is 15.8 Å². The van der Waals surface area contributed by atoms with E-state index in [2.05, 4.69) is 26.8 Å². The van der Waals surface area contributed by atoms with Crippen LogP contribution in [0.1, 0.15) is 20.7 Å². The van der Waals surface area contributed by atoms with E-state index in [4.69, 9.17) is 4.74 Å². The molecule has 2 amide bonds. The van der Waals surface area contributed by atoms with Gasteiger partial charge in [-0.25, -0.2) is 0 Å². The van der Waals surface area contributed by atoms with Crippen molar-refractivity contribution in [2.45, 2.75) is 0 Å². The lowest BCUT2D eigenvalue weighted by Crippen LogP contribution is -2.41. The SMILES string of the molecule is COc1ccc(C(=O)NNC(=O)c2cccc(O)c2)cc1Br. The zero-order chi connectivity index (χ0) is 16.1. The molecule has 3 N–H and O–H groups in total. The number of amides is 2. The molecule has 0 atom stereocenters. The molecule has 0 aliphatic carbocycles. The molecule has 0 radical (unpaired) electrons. The van der Waals surface area contributed by atoms with Crippen molar-refractivity contribution < 1.29 is 19.4 Å². The first-order valence-electron chi connectivity index (χ1n) is 6.24. The lowest BCUT2D eigenvalue weighted by atomic mass is 10.2. The van der Waals surface area contributed by atoms with Gasteiger partial charge < -0.3 is 9.84 Å². The molecule has 2 aromatic rings. The molecular formula is C15H13BrN2O4. The first-order valence-corrected chi connectivity index (χ1v) is 7.04. The third kappa shape index (κ3) is 3.76. The van der Waals surface area contributed by atoms with Crippen LogP contribution in [0.4, 0.5) is 0 Å². The van der Waals surface area contributed by atoms with Crippen molar-refractivity contribution in [2.75, 3.05) is 7.11 Å². The Balaban J connectivity index is 2.00. The number of phenolic OH excluding ortho intramolecular Hbond substituents is 1. The van der Waals surface area contributed by atoms with Gasteiger partial charge in [0.05, 0.1) is 11.6 Å². The molecule has 0 fully saturated rings. The van der Waals surface area contributed by atoms with Crippen molar-refractivity contribution in [3.63, 3.8) is 0 Å². The molecule has 0 aliphatic heterocycles. The first kappa shape index (κ1) is 15.8. The zero-order valence-electron chi connectivity index (χ0n) is 11.6. The van der Waals surface area contributed by atoms with Crippen LogP contribution in [0.2, 0.25) is 0 Å². The van der Waals surface area contributed by atoms with Crippen LogP contribution in [-0.4, -0.2) is 24.0 Å². The monoisotopic (exact) mass is 364 g/mol. The highest BCUT2D eigenvalue weighted by Crippen LogP contribution is 2.25. The summed E-state index contributed by atoms with van der Waals surface area (Å²) in [6.07, 6.45) is 0. The maximum atomic E-state index is 12.0. The molecule has 2 aromatic carbocycles. The van der Waals surface area contributed by atoms with E-state index in [1.54, 1.807) is 18.2 Å². The molecule has 114 valence electrons. The van der Waals surface area contributed by atoms with E-state index in [1.165, 1.54) is 31.4 Å². The van der Waals surface area contributed by atoms with Crippen LogP contribution in [-0.2, 0) is 0 Å². The van der Waals surface area contributed by atoms with Crippen molar-refractivity contribution in [2.24, 2.45) is 0 Å². The average Bonchev–Trinajstić information content (AvgIpc) is 2.52. The number of phenols is 1. The van der Waals surface area contributed by atoms with E-state index in [-0.39, 0.29) is 11.3 Å². The number of carbonyl (C=O) groups excluding carboxylic acids is 2. The normalized spacial score (nSPS) is 9.91. The van der Waals surface area contributed by atoms with Crippen molar-refractivity contribution in [3.8, 4) is 11.5 Å². The van der Waals surface area contributed by atoms with Crippen molar-refractivity contribution in [1.82, 2.24) is 10.9 Å². The zero-order valence-corrected chi connectivity index (χ0v) is 13.2. The number of ether oxygens (including phenoxy) is 1. The molecule has 0 aromatic heterocycles. The third-order valence-electron chi connectivity index (χ3n) is 2.81. The van der Waals surface area contributed by atoms with E-state index >= 15 is 0 Å². The lowest BCUT2D eigenvalue weighted by molar-refractivity contribution is 0.0846. The fraction of sp³-hybridized carbons (Fsp3) is 0.0667. The van der Waals surface area contributed by atoms with Crippen LogP contribution in [0.5, 0.6) is 11.5 Å². The van der Waals surface area contributed by atoms with Gasteiger partial charge >= 0.3 is 0 Å². The van der Waals surface area contributed by atoms with Crippen LogP contribution >= 0.6 is 15.9 Å². The number of carbonyl (C=O) groups is 2. The van der Waals surface area contributed by atoms with Gasteiger partial charge in [0.2, 0.25) is 0 Å². The summed E-state index contributed by atoms with van der Waals surface area (Å²) in [6.45, 7) is 0. The average molecular weight is 365 g/mol. The molecule has 0 saturated carbocycles. The molecule has 6 nitrogen and oxygen atoms in total. The highest BCUT2D eigenvalue weighted by molar-refractivity contribution is 9.10. The summed E-state index contributed by atoms with van der Waals surface area (Å²) in [5.74, 6) is -0.438. The molecule has 7 heteroatoms. The Morgan fingerprint density at radius 1 is 1.05 bits per heavy atom. The molecule has 0 saturated heterocycles. The number of rotatable bonds is 3. The molecule has 0 heterocycles. The number of halogens is 1. The fourth-order valence-corrected chi connectivity index (χ4v) is 2.25. The predicted octanol–water partition coefficient (Wildman–Crippen LogP) is 2.24. The van der Waals surface area contributed by atoms with Crippen LogP contribution < -0.4 is 15.6 Å². The topological polar surface area (TPSA) is 87.7 Å². The second kappa shape index (κ2) is 6.95. The maximum Gasteiger partial charge on any atom is 0.269 e. The smallest absolute Gasteiger partial charge is 0.269 e. The van der Waals surface area contributed by atoms with Gasteiger partial charge in [0.15, 0.2) is 0 Å². The van der Waals surface area contributed by atoms with Crippen LogP contribution in [0.3, 0.4) is 0 Å². The molecule has 0 unspecified atom stereocenters. The summed E-state index contributed by atoms with van der Waals surface area (Å²) >= 11 is 3.28. The van der Waals surface area contributed by atoms with Gasteiger partial charge in [-0.3, -0.25) is 20.4 Å². The molecule has 22 heavy (non-hydrogen) atoms. The van der Waals surface area contributed by atoms with Crippen LogP contribution in [0, 0.1) is 0 Å². The number of aromatic hydroxyl groups is 1. The molecule has 0 bridgehead atoms. The predicted molar refractivity (Wildman–Crippen MR) is 83.7 cm³/mol. The van der Waals surface area contributed by atoms with Crippen molar-refractivity contribution >= 4 is 27.7 Å².